The lowest BCUT2D eigenvalue weighted by atomic mass is 9.91. The predicted molar refractivity (Wildman–Crippen MR) is 50.7 cm³/mol. The lowest BCUT2D eigenvalue weighted by Crippen LogP contribution is -2.17. The van der Waals surface area contributed by atoms with Crippen molar-refractivity contribution < 1.29 is 13.2 Å². The molecule has 0 saturated carbocycles. The van der Waals surface area contributed by atoms with Gasteiger partial charge in [-0.15, -0.1) is 5.10 Å². The fourth-order valence-corrected chi connectivity index (χ4v) is 1.14. The molecule has 0 N–H and O–H groups in total. The summed E-state index contributed by atoms with van der Waals surface area (Å²) >= 11 is 5.34. The molecule has 0 aliphatic carbocycles. The largest absolute Gasteiger partial charge is 0.419 e. The topological polar surface area (TPSA) is 25.8 Å². The van der Waals surface area contributed by atoms with E-state index in [2.05, 4.69) is 10.2 Å². The lowest BCUT2D eigenvalue weighted by molar-refractivity contribution is -0.137. The molecule has 0 radical (unpaired) electrons. The molecule has 0 aliphatic heterocycles. The molecule has 6 heteroatoms. The summed E-state index contributed by atoms with van der Waals surface area (Å²) in [6.45, 7) is 5.27. The van der Waals surface area contributed by atoms with Crippen molar-refractivity contribution in [3.05, 3.63) is 22.5 Å². The smallest absolute Gasteiger partial charge is 0.166 e. The summed E-state index contributed by atoms with van der Waals surface area (Å²) < 4.78 is 37.4. The van der Waals surface area contributed by atoms with E-state index in [1.54, 1.807) is 20.8 Å². The molecule has 0 unspecified atom stereocenters. The van der Waals surface area contributed by atoms with E-state index in [4.69, 9.17) is 11.6 Å². The standard InChI is InChI=1S/C9H10ClF3N2/c1-8(2,3)6-4-5(9(11,12)13)7(10)15-14-6/h4H,1-3H3. The fourth-order valence-electron chi connectivity index (χ4n) is 0.942. The van der Waals surface area contributed by atoms with E-state index in [-0.39, 0.29) is 5.69 Å². The minimum atomic E-state index is -4.49. The van der Waals surface area contributed by atoms with Crippen molar-refractivity contribution in [2.75, 3.05) is 0 Å². The van der Waals surface area contributed by atoms with Gasteiger partial charge in [-0.1, -0.05) is 32.4 Å². The first-order valence-electron chi connectivity index (χ1n) is 4.23. The third kappa shape index (κ3) is 2.81. The van der Waals surface area contributed by atoms with Crippen LogP contribution in [0.3, 0.4) is 0 Å². The Balaban J connectivity index is 3.30. The van der Waals surface area contributed by atoms with Crippen LogP contribution in [0.2, 0.25) is 5.15 Å². The van der Waals surface area contributed by atoms with E-state index in [0.29, 0.717) is 0 Å². The molecule has 0 saturated heterocycles. The van der Waals surface area contributed by atoms with Gasteiger partial charge in [0, 0.05) is 5.41 Å². The van der Waals surface area contributed by atoms with Crippen LogP contribution in [0.25, 0.3) is 0 Å². The minimum absolute atomic E-state index is 0.263. The van der Waals surface area contributed by atoms with Crippen molar-refractivity contribution >= 4 is 11.6 Å². The molecule has 0 amide bonds. The van der Waals surface area contributed by atoms with Crippen molar-refractivity contribution in [3.8, 4) is 0 Å². The van der Waals surface area contributed by atoms with Crippen molar-refractivity contribution in [1.29, 1.82) is 0 Å². The molecule has 0 fully saturated rings. The molecule has 0 atom stereocenters. The third-order valence-electron chi connectivity index (χ3n) is 1.82. The number of halogens is 4. The monoisotopic (exact) mass is 238 g/mol. The van der Waals surface area contributed by atoms with E-state index >= 15 is 0 Å². The van der Waals surface area contributed by atoms with Gasteiger partial charge in [0.15, 0.2) is 5.15 Å². The maximum Gasteiger partial charge on any atom is 0.419 e. The highest BCUT2D eigenvalue weighted by Crippen LogP contribution is 2.35. The predicted octanol–water partition coefficient (Wildman–Crippen LogP) is 3.45. The molecule has 1 rings (SSSR count). The lowest BCUT2D eigenvalue weighted by Gasteiger charge is -2.18. The highest BCUT2D eigenvalue weighted by Gasteiger charge is 2.35. The van der Waals surface area contributed by atoms with Crippen LogP contribution < -0.4 is 0 Å². The van der Waals surface area contributed by atoms with Crippen LogP contribution >= 0.6 is 11.6 Å². The highest BCUT2D eigenvalue weighted by atomic mass is 35.5. The number of hydrogen-bond donors (Lipinski definition) is 0. The normalized spacial score (nSPS) is 13.0. The minimum Gasteiger partial charge on any atom is -0.166 e. The Bertz CT molecular complexity index is 369. The van der Waals surface area contributed by atoms with E-state index in [9.17, 15) is 13.2 Å². The summed E-state index contributed by atoms with van der Waals surface area (Å²) in [5.74, 6) is 0. The molecule has 2 nitrogen and oxygen atoms in total. The number of hydrogen-bond acceptors (Lipinski definition) is 2. The SMILES string of the molecule is CC(C)(C)c1cc(C(F)(F)F)c(Cl)nn1. The molecule has 84 valence electrons. The second kappa shape index (κ2) is 3.63. The summed E-state index contributed by atoms with van der Waals surface area (Å²) in [6.07, 6.45) is -4.49. The van der Waals surface area contributed by atoms with Gasteiger partial charge >= 0.3 is 6.18 Å². The Morgan fingerprint density at radius 3 is 2.07 bits per heavy atom. The molecule has 15 heavy (non-hydrogen) atoms. The fraction of sp³-hybridized carbons (Fsp3) is 0.556. The molecule has 0 spiro atoms. The number of nitrogens with zero attached hydrogens (tertiary/aromatic N) is 2. The Labute approximate surface area is 90.5 Å². The summed E-state index contributed by atoms with van der Waals surface area (Å²) in [5, 5.41) is 6.33. The van der Waals surface area contributed by atoms with Crippen molar-refractivity contribution in [2.24, 2.45) is 0 Å². The van der Waals surface area contributed by atoms with Gasteiger partial charge in [-0.05, 0) is 6.07 Å². The van der Waals surface area contributed by atoms with E-state index in [0.717, 1.165) is 6.07 Å². The van der Waals surface area contributed by atoms with Crippen LogP contribution in [0.4, 0.5) is 13.2 Å². The second-order valence-electron chi connectivity index (χ2n) is 4.18. The quantitative estimate of drug-likeness (QED) is 0.692. The third-order valence-corrected chi connectivity index (χ3v) is 2.10. The maximum atomic E-state index is 12.5. The van der Waals surface area contributed by atoms with Gasteiger partial charge in [-0.2, -0.15) is 18.3 Å². The van der Waals surface area contributed by atoms with Crippen molar-refractivity contribution in [3.63, 3.8) is 0 Å². The van der Waals surface area contributed by atoms with Crippen molar-refractivity contribution in [1.82, 2.24) is 10.2 Å². The van der Waals surface area contributed by atoms with Crippen LogP contribution in [0.5, 0.6) is 0 Å². The van der Waals surface area contributed by atoms with Gasteiger partial charge in [0.1, 0.15) is 0 Å². The van der Waals surface area contributed by atoms with Crippen molar-refractivity contribution in [2.45, 2.75) is 32.4 Å². The molecule has 0 bridgehead atoms. The second-order valence-corrected chi connectivity index (χ2v) is 4.54. The van der Waals surface area contributed by atoms with Crippen LogP contribution in [0.15, 0.2) is 6.07 Å². The highest BCUT2D eigenvalue weighted by molar-refractivity contribution is 6.30. The van der Waals surface area contributed by atoms with Gasteiger partial charge in [-0.25, -0.2) is 0 Å². The molecule has 1 aromatic rings. The van der Waals surface area contributed by atoms with Crippen LogP contribution in [0, 0.1) is 0 Å². The summed E-state index contributed by atoms with van der Waals surface area (Å²) in [6, 6.07) is 0.940. The average molecular weight is 239 g/mol. The van der Waals surface area contributed by atoms with Gasteiger partial charge < -0.3 is 0 Å². The van der Waals surface area contributed by atoms with Crippen LogP contribution in [-0.2, 0) is 11.6 Å². The van der Waals surface area contributed by atoms with Crippen LogP contribution in [0.1, 0.15) is 32.0 Å². The maximum absolute atomic E-state index is 12.5. The Hall–Kier alpha value is -0.840. The molecular formula is C9H10ClF3N2. The average Bonchev–Trinajstić information content (AvgIpc) is 2.00. The first kappa shape index (κ1) is 12.2. The van der Waals surface area contributed by atoms with Gasteiger partial charge in [0.05, 0.1) is 11.3 Å². The van der Waals surface area contributed by atoms with Gasteiger partial charge in [-0.3, -0.25) is 0 Å². The number of alkyl halides is 3. The molecule has 1 heterocycles. The van der Waals surface area contributed by atoms with E-state index in [1.807, 2.05) is 0 Å². The first-order chi connectivity index (χ1) is 6.62. The summed E-state index contributed by atoms with van der Waals surface area (Å²) in [7, 11) is 0. The van der Waals surface area contributed by atoms with E-state index in [1.165, 1.54) is 0 Å². The summed E-state index contributed by atoms with van der Waals surface area (Å²) in [5.41, 5.74) is -1.17. The molecule has 0 aromatic carbocycles. The Morgan fingerprint density at radius 1 is 1.13 bits per heavy atom. The van der Waals surface area contributed by atoms with Gasteiger partial charge in [0.2, 0.25) is 0 Å². The van der Waals surface area contributed by atoms with Crippen LogP contribution in [-0.4, -0.2) is 10.2 Å². The first-order valence-corrected chi connectivity index (χ1v) is 4.61. The number of aromatic nitrogens is 2. The Morgan fingerprint density at radius 2 is 1.67 bits per heavy atom. The molecular weight excluding hydrogens is 229 g/mol. The number of rotatable bonds is 0. The zero-order chi connectivity index (χ0) is 11.9. The Kier molecular flexibility index (Phi) is 2.96. The summed E-state index contributed by atoms with van der Waals surface area (Å²) in [4.78, 5) is 0. The molecule has 1 aromatic heterocycles. The van der Waals surface area contributed by atoms with Gasteiger partial charge in [0.25, 0.3) is 0 Å². The van der Waals surface area contributed by atoms with E-state index < -0.39 is 22.3 Å². The zero-order valence-corrected chi connectivity index (χ0v) is 9.24. The molecule has 0 aliphatic rings. The zero-order valence-electron chi connectivity index (χ0n) is 8.48.